The molecule has 145 valence electrons. The molecule has 0 spiro atoms. The fraction of sp³-hybridized carbons (Fsp3) is 0.333. The Morgan fingerprint density at radius 1 is 0.714 bits per heavy atom. The summed E-state index contributed by atoms with van der Waals surface area (Å²) < 4.78 is 0. The molecule has 2 atom stereocenters. The Labute approximate surface area is 185 Å². The molecule has 0 saturated heterocycles. The Hall–Kier alpha value is -0.400. The van der Waals surface area contributed by atoms with E-state index in [0.717, 1.165) is 0 Å². The number of benzene rings is 2. The first-order valence-electron chi connectivity index (χ1n) is 10.1. The summed E-state index contributed by atoms with van der Waals surface area (Å²) in [6.45, 7) is 8.93. The molecule has 0 heterocycles. The van der Waals surface area contributed by atoms with E-state index in [0.29, 0.717) is 11.8 Å². The van der Waals surface area contributed by atoms with E-state index >= 15 is 0 Å². The molecule has 0 nitrogen and oxygen atoms in total. The van der Waals surface area contributed by atoms with Crippen molar-refractivity contribution in [2.45, 2.75) is 51.6 Å². The van der Waals surface area contributed by atoms with Gasteiger partial charge in [-0.3, -0.25) is 0 Å². The molecule has 28 heavy (non-hydrogen) atoms. The Kier molecular flexibility index (Phi) is 6.24. The summed E-state index contributed by atoms with van der Waals surface area (Å²) in [6.07, 6.45) is 9.49. The van der Waals surface area contributed by atoms with Crippen molar-refractivity contribution in [2.24, 2.45) is 0 Å². The number of rotatable bonds is 5. The molecule has 2 unspecified atom stereocenters. The number of hydrogen-bond acceptors (Lipinski definition) is 0. The minimum atomic E-state index is -2.27. The van der Waals surface area contributed by atoms with E-state index < -0.39 is 24.4 Å². The van der Waals surface area contributed by atoms with Crippen LogP contribution >= 0.6 is 17.0 Å². The third kappa shape index (κ3) is 3.83. The molecule has 0 bridgehead atoms. The number of hydrogen-bond donors (Lipinski definition) is 0. The number of allylic oxidation sites excluding steroid dienone is 2. The minimum absolute atomic E-state index is 0.517. The molecule has 0 saturated carbocycles. The molecule has 2 aromatic carbocycles. The van der Waals surface area contributed by atoms with Gasteiger partial charge in [0.1, 0.15) is 0 Å². The van der Waals surface area contributed by atoms with Crippen LogP contribution in [0, 0.1) is 27.7 Å². The average molecular weight is 506 g/mol. The van der Waals surface area contributed by atoms with Crippen molar-refractivity contribution < 1.29 is 18.5 Å². The summed E-state index contributed by atoms with van der Waals surface area (Å²) in [7, 11) is 13.5. The van der Waals surface area contributed by atoms with Crippen LogP contribution in [-0.2, 0) is 18.5 Å². The van der Waals surface area contributed by atoms with E-state index in [1.165, 1.54) is 56.6 Å². The van der Waals surface area contributed by atoms with Crippen LogP contribution in [0.2, 0.25) is 12.1 Å². The first-order chi connectivity index (χ1) is 13.4. The Bertz CT molecular complexity index is 902. The zero-order valence-electron chi connectivity index (χ0n) is 17.0. The van der Waals surface area contributed by atoms with E-state index in [2.05, 4.69) is 76.3 Å². The van der Waals surface area contributed by atoms with Crippen molar-refractivity contribution in [3.8, 4) is 0 Å². The summed E-state index contributed by atoms with van der Waals surface area (Å²) in [5.74, 6) is -0.145. The van der Waals surface area contributed by atoms with Crippen LogP contribution < -0.4 is 0 Å². The summed E-state index contributed by atoms with van der Waals surface area (Å²) in [5, 5.41) is 0. The van der Waals surface area contributed by atoms with Crippen LogP contribution in [0.25, 0.3) is 12.2 Å². The number of fused-ring (bicyclic) bond motifs is 2. The predicted molar refractivity (Wildman–Crippen MR) is 124 cm³/mol. The average Bonchev–Trinajstić information content (AvgIpc) is 3.27. The van der Waals surface area contributed by atoms with Gasteiger partial charge in [0.05, 0.1) is 0 Å². The Morgan fingerprint density at radius 3 is 1.50 bits per heavy atom. The van der Waals surface area contributed by atoms with Gasteiger partial charge in [0.25, 0.3) is 0 Å². The van der Waals surface area contributed by atoms with Gasteiger partial charge >= 0.3 is 186 Å². The van der Waals surface area contributed by atoms with Crippen molar-refractivity contribution in [3.05, 3.63) is 80.9 Å². The van der Waals surface area contributed by atoms with Crippen LogP contribution in [0.4, 0.5) is 0 Å². The van der Waals surface area contributed by atoms with Crippen LogP contribution in [0.1, 0.15) is 56.3 Å². The molecule has 0 aromatic heterocycles. The molecule has 2 aliphatic carbocycles. The van der Waals surface area contributed by atoms with Gasteiger partial charge in [-0.1, -0.05) is 0 Å². The van der Waals surface area contributed by atoms with E-state index in [1.807, 2.05) is 0 Å². The van der Waals surface area contributed by atoms with Crippen LogP contribution in [0.5, 0.6) is 0 Å². The van der Waals surface area contributed by atoms with Crippen LogP contribution in [-0.4, -0.2) is 5.92 Å². The van der Waals surface area contributed by atoms with Gasteiger partial charge < -0.3 is 0 Å². The van der Waals surface area contributed by atoms with Gasteiger partial charge in [-0.2, -0.15) is 0 Å². The predicted octanol–water partition coefficient (Wildman–Crippen LogP) is 7.49. The molecule has 0 radical (unpaired) electrons. The van der Waals surface area contributed by atoms with Gasteiger partial charge in [0.2, 0.25) is 0 Å². The zero-order valence-corrected chi connectivity index (χ0v) is 22.1. The van der Waals surface area contributed by atoms with Crippen molar-refractivity contribution in [3.63, 3.8) is 0 Å². The van der Waals surface area contributed by atoms with Crippen molar-refractivity contribution >= 4 is 35.1 Å². The molecule has 2 aromatic rings. The van der Waals surface area contributed by atoms with Gasteiger partial charge in [-0.05, 0) is 0 Å². The van der Waals surface area contributed by atoms with E-state index in [4.69, 9.17) is 17.0 Å². The first-order valence-corrected chi connectivity index (χ1v) is 22.9. The quantitative estimate of drug-likeness (QED) is 0.369. The van der Waals surface area contributed by atoms with Gasteiger partial charge in [-0.15, -0.1) is 0 Å². The van der Waals surface area contributed by atoms with Crippen LogP contribution in [0.15, 0.2) is 36.4 Å². The summed E-state index contributed by atoms with van der Waals surface area (Å²) >= 11 is -2.27. The maximum absolute atomic E-state index is 6.77. The van der Waals surface area contributed by atoms with E-state index in [1.54, 1.807) is 0 Å². The van der Waals surface area contributed by atoms with Crippen molar-refractivity contribution in [1.29, 1.82) is 0 Å². The Morgan fingerprint density at radius 2 is 1.11 bits per heavy atom. The summed E-state index contributed by atoms with van der Waals surface area (Å²) in [5.41, 5.74) is 11.5. The van der Waals surface area contributed by atoms with E-state index in [9.17, 15) is 0 Å². The zero-order chi connectivity index (χ0) is 20.0. The number of halogens is 2. The molecule has 4 rings (SSSR count). The molecule has 0 fully saturated rings. The SMILES string of the molecule is Cc1ccc(C)c2c1C=CC2C[SiH](CC1C=Cc2c(C)ccc(C)c21)[Zr]([Cl])[Cl]. The van der Waals surface area contributed by atoms with Crippen LogP contribution in [0.3, 0.4) is 0 Å². The van der Waals surface area contributed by atoms with Gasteiger partial charge in [0.15, 0.2) is 0 Å². The van der Waals surface area contributed by atoms with Crippen molar-refractivity contribution in [2.75, 3.05) is 0 Å². The summed E-state index contributed by atoms with van der Waals surface area (Å²) in [6, 6.07) is 11.5. The Balaban J connectivity index is 1.58. The molecule has 2 aliphatic rings. The van der Waals surface area contributed by atoms with Crippen molar-refractivity contribution in [1.82, 2.24) is 0 Å². The second-order valence-corrected chi connectivity index (χ2v) is 31.9. The molecular weight excluding hydrogens is 478 g/mol. The third-order valence-corrected chi connectivity index (χ3v) is 28.3. The fourth-order valence-corrected chi connectivity index (χ4v) is 20.3. The normalized spacial score (nSPS) is 20.4. The molecule has 4 heteroatoms. The van der Waals surface area contributed by atoms with Gasteiger partial charge in [-0.25, -0.2) is 0 Å². The molecular formula is C24H27Cl2SiZr. The second kappa shape index (κ2) is 8.38. The second-order valence-electron chi connectivity index (χ2n) is 8.44. The first kappa shape index (κ1) is 20.9. The molecule has 0 amide bonds. The number of aryl methyl sites for hydroxylation is 4. The molecule has 0 N–H and O–H groups in total. The third-order valence-electron chi connectivity index (χ3n) is 6.56. The topological polar surface area (TPSA) is 0 Å². The maximum atomic E-state index is 6.77. The summed E-state index contributed by atoms with van der Waals surface area (Å²) in [4.78, 5) is 0. The van der Waals surface area contributed by atoms with Gasteiger partial charge in [0, 0.05) is 0 Å². The van der Waals surface area contributed by atoms with E-state index in [-0.39, 0.29) is 0 Å². The monoisotopic (exact) mass is 503 g/mol. The fourth-order valence-electron chi connectivity index (χ4n) is 5.03. The molecule has 0 aliphatic heterocycles. The standard InChI is InChI=1S/C24H27Si.2ClH.Zr/c1-15-5-7-17(3)23-19(9-11-21(15)23)13-25-14-20-10-12-22-16(2)6-8-18(4)24(20)22;;;/h5-12,19-20,25H,13-14H2,1-4H3;2*1H;/q;;;+2/p-2.